The summed E-state index contributed by atoms with van der Waals surface area (Å²) in [4.78, 5) is 76.1. The van der Waals surface area contributed by atoms with Gasteiger partial charge in [-0.1, -0.05) is 168 Å². The molecule has 2 aliphatic rings. The number of carbonyl (C=O) groups is 5. The van der Waals surface area contributed by atoms with E-state index in [1.807, 2.05) is 46.9 Å². The van der Waals surface area contributed by atoms with Crippen LogP contribution in [0.15, 0.2) is 63.9 Å². The molecule has 4 heterocycles. The third-order valence-electron chi connectivity index (χ3n) is 27.0. The number of allylic oxidation sites excluding steroid dienone is 4. The first-order chi connectivity index (χ1) is 53.8. The van der Waals surface area contributed by atoms with Gasteiger partial charge in [0.25, 0.3) is 0 Å². The predicted molar refractivity (Wildman–Crippen MR) is 499 cm³/mol. The molecule has 0 radical (unpaired) electrons. The van der Waals surface area contributed by atoms with Crippen molar-refractivity contribution in [2.75, 3.05) is 18.5 Å². The molecule has 2 aliphatic heterocycles. The first-order valence-corrected chi connectivity index (χ1v) is 60.8. The molecule has 13 nitrogen and oxygen atoms in total. The number of alkyl halides is 6. The number of Topliss-reactive ketones (excluding diaryl/α,β-unsaturated/α-hetero) is 3. The molecule has 0 aliphatic carbocycles. The third-order valence-corrected chi connectivity index (χ3v) is 53.9. The van der Waals surface area contributed by atoms with E-state index in [2.05, 4.69) is 162 Å². The molecule has 2 aromatic heterocycles. The molecule has 686 valence electrons. The topological polar surface area (TPSA) is 167 Å². The van der Waals surface area contributed by atoms with E-state index >= 15 is 0 Å². The monoisotopic (exact) mass is 1820 g/mol. The predicted octanol–water partition coefficient (Wildman–Crippen LogP) is 29.0. The van der Waals surface area contributed by atoms with Crippen LogP contribution in [0.4, 0.5) is 26.3 Å². The molecular weight excluding hydrogens is 1670 g/mol. The molecule has 0 N–H and O–H groups in total. The molecule has 0 aromatic carbocycles. The molecule has 0 amide bonds. The van der Waals surface area contributed by atoms with Crippen LogP contribution in [0.1, 0.15) is 285 Å². The molecule has 0 unspecified atom stereocenters. The van der Waals surface area contributed by atoms with Crippen LogP contribution < -0.4 is 0 Å². The number of ketones is 3. The number of esters is 2. The molecule has 0 fully saturated rings. The van der Waals surface area contributed by atoms with Crippen molar-refractivity contribution in [3.63, 3.8) is 0 Å². The Morgan fingerprint density at radius 3 is 1.22 bits per heavy atom. The first-order valence-electron chi connectivity index (χ1n) is 43.6. The number of unbranched alkanes of at least 4 members (excludes halogenated alkanes) is 3. The van der Waals surface area contributed by atoms with Gasteiger partial charge in [0.2, 0.25) is 0 Å². The molecule has 119 heavy (non-hydrogen) atoms. The second-order valence-electron chi connectivity index (χ2n) is 41.7. The molecule has 0 saturated heterocycles. The van der Waals surface area contributed by atoms with Crippen LogP contribution in [0.3, 0.4) is 0 Å². The molecule has 0 spiro atoms. The Morgan fingerprint density at radius 1 is 0.546 bits per heavy atom. The van der Waals surface area contributed by atoms with Crippen molar-refractivity contribution in [3.05, 3.63) is 85.3 Å². The number of thiazole rings is 2. The Kier molecular flexibility index (Phi) is 42.4. The third kappa shape index (κ3) is 34.2. The summed E-state index contributed by atoms with van der Waals surface area (Å²) in [6.45, 7) is 72.5. The van der Waals surface area contributed by atoms with Gasteiger partial charge in [-0.15, -0.1) is 11.3 Å². The van der Waals surface area contributed by atoms with Gasteiger partial charge in [0, 0.05) is 64.9 Å². The normalized spacial score (nSPS) is 25.4. The number of hydrogen-bond acceptors (Lipinski definition) is 15. The van der Waals surface area contributed by atoms with Crippen LogP contribution >= 0.6 is 39.9 Å². The second kappa shape index (κ2) is 45.1. The van der Waals surface area contributed by atoms with Crippen LogP contribution in [0.5, 0.6) is 0 Å². The fourth-order valence-electron chi connectivity index (χ4n) is 13.4. The van der Waals surface area contributed by atoms with Gasteiger partial charge in [-0.05, 0) is 116 Å². The quantitative estimate of drug-likeness (QED) is 0.0321. The standard InChI is InChI=1S/C40H66F3NO5SSi2.C29H47F3O5Si.C23H47ClNOPSSi/c1-26-18-17-19-30(40(41,42)43)20-21-32(27(2)22-31-25-50-33(44-31)24-47-51(13,14)37(5,6)7)48-34(45)23-28(3)39(11,12)36(46)29(4)35(26)49-52(15,16)38(8,9)10;1-18-13-12-14-22(29(30,31)32)15-16-23(21(4)33)36-24(34)17-19(2)28(8,9)26(35)20(3)25(18)37-38(10,11)27(5,6)7;1-9-12-15-27(24,16-13-10-2,17-14-11-3)19-21-20-28-22(25-21)18-26-29(7,8)23(4,5)6/h17-18,20,22,25-26,28-29,32,35H,19,21,23-24H2,1-16H3;12-13,15,18-20,23,25H,14,16-17H2,1-11H3;20H,9-19H2,1-8H3/b18-17+,27-22+,30-20+;13-12+,22-15+;/t26-,28-,29+,32-,35-;18-,19-,20+,23-,25-;/m00./s1. The van der Waals surface area contributed by atoms with Gasteiger partial charge in [0.1, 0.15) is 22.7 Å². The summed E-state index contributed by atoms with van der Waals surface area (Å²) in [6, 6.07) is 0. The fraction of sp³-hybridized carbons (Fsp3) is 0.772. The van der Waals surface area contributed by atoms with Crippen molar-refractivity contribution in [1.29, 1.82) is 0 Å². The first kappa shape index (κ1) is 112. The van der Waals surface area contributed by atoms with E-state index in [1.165, 1.54) is 93.1 Å². The Balaban J connectivity index is 0.000000633. The van der Waals surface area contributed by atoms with E-state index < -0.39 is 146 Å². The second-order valence-corrected chi connectivity index (χ2v) is 70.9. The molecular formula is C92H160ClF6N2O11PS2Si4. The number of ether oxygens (including phenoxy) is 2. The van der Waals surface area contributed by atoms with Crippen molar-refractivity contribution in [2.24, 2.45) is 46.3 Å². The molecule has 4 rings (SSSR count). The molecule has 27 heteroatoms. The van der Waals surface area contributed by atoms with E-state index in [4.69, 9.17) is 48.4 Å². The number of rotatable bonds is 24. The van der Waals surface area contributed by atoms with Crippen LogP contribution in [0.2, 0.25) is 72.5 Å². The van der Waals surface area contributed by atoms with Crippen LogP contribution in [0, 0.1) is 46.3 Å². The van der Waals surface area contributed by atoms with Crippen molar-refractivity contribution in [1.82, 2.24) is 9.97 Å². The van der Waals surface area contributed by atoms with Crippen molar-refractivity contribution in [3.8, 4) is 0 Å². The van der Waals surface area contributed by atoms with Gasteiger partial charge in [-0.2, -0.15) is 26.3 Å². The Bertz CT molecular complexity index is 3730. The van der Waals surface area contributed by atoms with Gasteiger partial charge in [0.15, 0.2) is 36.8 Å². The molecule has 0 saturated carbocycles. The van der Waals surface area contributed by atoms with Gasteiger partial charge in [-0.25, -0.2) is 4.98 Å². The van der Waals surface area contributed by atoms with Crippen LogP contribution in [-0.2, 0) is 70.5 Å². The number of aromatic nitrogens is 2. The maximum atomic E-state index is 14.4. The summed E-state index contributed by atoms with van der Waals surface area (Å²) in [7, 11) is -8.46. The average molecular weight is 1830 g/mol. The number of halogens is 7. The SMILES string of the molecule is C/C(=C\c1csc(CO[Si](C)(C)C(C)(C)C)n1)[C@@H]1C/C=C(/C(F)(F)F)C/C=C/[C@H](C)[C@H](O[Si](C)(C)C(C)(C)C)[C@@H](C)C(=O)C(C)(C)[C@@H](C)CC(=O)O1.CC(=O)[C@@H]1C/C=C(/C(F)(F)F)C/C=C/[C@H](C)[C@H](O[Si](C)(C)C(C)(C)C)[C@@H](C)C(=O)C(C)(C)[C@@H](C)CC(=O)O1.CCCCP(Cl)(CCCC)(CCCC)Cc1csc(CO[Si](C)(C)C(C)(C)C)n1. The van der Waals surface area contributed by atoms with Crippen LogP contribution in [-0.4, -0.2) is 128 Å². The van der Waals surface area contributed by atoms with Gasteiger partial charge in [0.05, 0.1) is 24.5 Å². The van der Waals surface area contributed by atoms with Gasteiger partial charge in [-0.3, -0.25) is 24.0 Å². The van der Waals surface area contributed by atoms with Crippen LogP contribution in [0.25, 0.3) is 6.08 Å². The Hall–Kier alpha value is -3.08. The number of hydrogen-bond donors (Lipinski definition) is 0. The van der Waals surface area contributed by atoms with Crippen molar-refractivity contribution >= 4 is 109 Å². The summed E-state index contributed by atoms with van der Waals surface area (Å²) in [6.07, 6.45) is 8.25. The average Bonchev–Trinajstić information content (AvgIpc) is 1.76. The van der Waals surface area contributed by atoms with E-state index in [0.717, 1.165) is 28.3 Å². The maximum absolute atomic E-state index is 14.4. The zero-order valence-electron chi connectivity index (χ0n) is 80.0. The number of carbonyl (C=O) groups excluding carboxylic acids is 5. The summed E-state index contributed by atoms with van der Waals surface area (Å²) in [5.41, 5.74) is -0.947. The summed E-state index contributed by atoms with van der Waals surface area (Å²) in [5.74, 6) is -6.92. The summed E-state index contributed by atoms with van der Waals surface area (Å²) >= 11 is 11.0. The number of nitrogens with zero attached hydrogens (tertiary/aromatic N) is 2. The minimum atomic E-state index is -4.61. The van der Waals surface area contributed by atoms with Crippen molar-refractivity contribution in [2.45, 2.75) is 393 Å². The zero-order valence-corrected chi connectivity index (χ0v) is 87.3. The van der Waals surface area contributed by atoms with E-state index in [9.17, 15) is 50.3 Å². The van der Waals surface area contributed by atoms with Crippen molar-refractivity contribution < 1.29 is 77.5 Å². The number of cyclic esters (lactones) is 2. The van der Waals surface area contributed by atoms with E-state index in [0.29, 0.717) is 24.5 Å². The van der Waals surface area contributed by atoms with E-state index in [1.54, 1.807) is 64.2 Å². The van der Waals surface area contributed by atoms with Gasteiger partial charge >= 0.3 is 216 Å². The molecule has 2 aromatic rings. The summed E-state index contributed by atoms with van der Waals surface area (Å²) < 4.78 is 122. The minimum absolute atomic E-state index is 0.0498. The van der Waals surface area contributed by atoms with E-state index in [-0.39, 0.29) is 75.7 Å². The molecule has 10 atom stereocenters. The zero-order chi connectivity index (χ0) is 92.3. The Labute approximate surface area is 733 Å². The Morgan fingerprint density at radius 2 is 0.882 bits per heavy atom. The van der Waals surface area contributed by atoms with Gasteiger partial charge < -0.3 is 22.8 Å². The molecule has 0 bridgehead atoms. The summed E-state index contributed by atoms with van der Waals surface area (Å²) in [5, 5.41) is 6.05. The fourth-order valence-corrected chi connectivity index (χ4v) is 26.7.